The van der Waals surface area contributed by atoms with Gasteiger partial charge in [-0.15, -0.1) is 0 Å². The lowest BCUT2D eigenvalue weighted by atomic mass is 9.95. The summed E-state index contributed by atoms with van der Waals surface area (Å²) in [5.41, 5.74) is 1.80. The first kappa shape index (κ1) is 19.0. The summed E-state index contributed by atoms with van der Waals surface area (Å²) in [5, 5.41) is 5.94. The lowest BCUT2D eigenvalue weighted by Gasteiger charge is -2.26. The fraction of sp³-hybridized carbons (Fsp3) is 0.381. The summed E-state index contributed by atoms with van der Waals surface area (Å²) in [7, 11) is 0. The van der Waals surface area contributed by atoms with Crippen LogP contribution in [0.25, 0.3) is 0 Å². The van der Waals surface area contributed by atoms with Gasteiger partial charge in [-0.05, 0) is 48.2 Å². The van der Waals surface area contributed by atoms with Gasteiger partial charge in [0.1, 0.15) is 19.0 Å². The molecule has 0 aliphatic carbocycles. The van der Waals surface area contributed by atoms with Crippen molar-refractivity contribution in [2.45, 2.75) is 32.9 Å². The second-order valence-corrected chi connectivity index (χ2v) is 7.02. The van der Waals surface area contributed by atoms with Gasteiger partial charge in [-0.25, -0.2) is 9.18 Å². The van der Waals surface area contributed by atoms with Gasteiger partial charge < -0.3 is 20.1 Å². The highest BCUT2D eigenvalue weighted by atomic mass is 19.1. The van der Waals surface area contributed by atoms with E-state index in [9.17, 15) is 9.18 Å². The van der Waals surface area contributed by atoms with Gasteiger partial charge >= 0.3 is 6.03 Å². The van der Waals surface area contributed by atoms with E-state index in [1.807, 2.05) is 39.0 Å². The minimum Gasteiger partial charge on any atom is -0.486 e. The number of fused-ring (bicyclic) bond motifs is 1. The molecule has 0 aromatic heterocycles. The molecule has 27 heavy (non-hydrogen) atoms. The molecule has 0 radical (unpaired) electrons. The molecule has 0 fully saturated rings. The number of benzene rings is 2. The van der Waals surface area contributed by atoms with E-state index in [-0.39, 0.29) is 29.8 Å². The lowest BCUT2D eigenvalue weighted by molar-refractivity contribution is 0.171. The first-order valence-electron chi connectivity index (χ1n) is 9.16. The van der Waals surface area contributed by atoms with Crippen LogP contribution in [-0.2, 0) is 0 Å². The Morgan fingerprint density at radius 3 is 2.22 bits per heavy atom. The molecule has 0 saturated heterocycles. The van der Waals surface area contributed by atoms with E-state index in [0.717, 1.165) is 16.9 Å². The van der Waals surface area contributed by atoms with Crippen molar-refractivity contribution in [3.05, 3.63) is 59.4 Å². The summed E-state index contributed by atoms with van der Waals surface area (Å²) in [6.07, 6.45) is 0. The molecule has 2 atom stereocenters. The molecule has 1 aliphatic heterocycles. The Morgan fingerprint density at radius 1 is 0.926 bits per heavy atom. The van der Waals surface area contributed by atoms with Crippen molar-refractivity contribution in [2.24, 2.45) is 5.92 Å². The van der Waals surface area contributed by atoms with Crippen LogP contribution in [0.1, 0.15) is 44.0 Å². The van der Waals surface area contributed by atoms with Crippen molar-refractivity contribution in [1.82, 2.24) is 10.6 Å². The number of amides is 2. The molecule has 2 N–H and O–H groups in total. The first-order valence-corrected chi connectivity index (χ1v) is 9.16. The zero-order valence-electron chi connectivity index (χ0n) is 15.8. The second kappa shape index (κ2) is 8.29. The van der Waals surface area contributed by atoms with Crippen molar-refractivity contribution in [3.8, 4) is 11.5 Å². The van der Waals surface area contributed by atoms with E-state index in [4.69, 9.17) is 9.47 Å². The van der Waals surface area contributed by atoms with Gasteiger partial charge in [0.15, 0.2) is 11.5 Å². The number of hydrogen-bond donors (Lipinski definition) is 2. The fourth-order valence-electron chi connectivity index (χ4n) is 3.10. The van der Waals surface area contributed by atoms with Crippen LogP contribution < -0.4 is 20.1 Å². The average Bonchev–Trinajstić information content (AvgIpc) is 2.66. The van der Waals surface area contributed by atoms with E-state index in [0.29, 0.717) is 19.0 Å². The molecule has 6 heteroatoms. The van der Waals surface area contributed by atoms with Gasteiger partial charge in [0.25, 0.3) is 0 Å². The highest BCUT2D eigenvalue weighted by Gasteiger charge is 2.22. The molecule has 0 spiro atoms. The second-order valence-electron chi connectivity index (χ2n) is 7.02. The number of carbonyl (C=O) groups excluding carboxylic acids is 1. The molecular weight excluding hydrogens is 347 g/mol. The SMILES string of the molecule is CC(NC(=O)NC(c1ccc2c(c1)OCCO2)C(C)C)c1ccc(F)cc1. The Kier molecular flexibility index (Phi) is 5.84. The molecule has 2 aromatic rings. The molecule has 1 aliphatic rings. The predicted molar refractivity (Wildman–Crippen MR) is 101 cm³/mol. The standard InChI is InChI=1S/C21H25FN2O3/c1-13(2)20(16-6-9-18-19(12-16)27-11-10-26-18)24-21(25)23-14(3)15-4-7-17(22)8-5-15/h4-9,12-14,20H,10-11H2,1-3H3,(H2,23,24,25). The van der Waals surface area contributed by atoms with Crippen LogP contribution in [0.5, 0.6) is 11.5 Å². The quantitative estimate of drug-likeness (QED) is 0.820. The Morgan fingerprint density at radius 2 is 1.56 bits per heavy atom. The average molecular weight is 372 g/mol. The fourth-order valence-corrected chi connectivity index (χ4v) is 3.10. The maximum atomic E-state index is 13.1. The number of ether oxygens (including phenoxy) is 2. The molecule has 0 bridgehead atoms. The van der Waals surface area contributed by atoms with Crippen LogP contribution >= 0.6 is 0 Å². The van der Waals surface area contributed by atoms with Gasteiger partial charge in [-0.1, -0.05) is 32.0 Å². The normalized spacial score (nSPS) is 15.1. The van der Waals surface area contributed by atoms with Gasteiger partial charge in [-0.3, -0.25) is 0 Å². The first-order chi connectivity index (χ1) is 12.9. The van der Waals surface area contributed by atoms with Gasteiger partial charge in [0.05, 0.1) is 12.1 Å². The number of nitrogens with one attached hydrogen (secondary N) is 2. The van der Waals surface area contributed by atoms with Crippen LogP contribution in [-0.4, -0.2) is 19.2 Å². The number of rotatable bonds is 5. The number of urea groups is 1. The van der Waals surface area contributed by atoms with Crippen LogP contribution in [0.2, 0.25) is 0 Å². The highest BCUT2D eigenvalue weighted by molar-refractivity contribution is 5.75. The summed E-state index contributed by atoms with van der Waals surface area (Å²) in [4.78, 5) is 12.5. The molecule has 2 unspecified atom stereocenters. The van der Waals surface area contributed by atoms with Crippen molar-refractivity contribution >= 4 is 6.03 Å². The Labute approximate surface area is 158 Å². The number of carbonyl (C=O) groups is 1. The third kappa shape index (κ3) is 4.70. The van der Waals surface area contributed by atoms with Gasteiger partial charge in [-0.2, -0.15) is 0 Å². The summed E-state index contributed by atoms with van der Waals surface area (Å²) in [6, 6.07) is 11.2. The van der Waals surface area contributed by atoms with Crippen molar-refractivity contribution in [3.63, 3.8) is 0 Å². The summed E-state index contributed by atoms with van der Waals surface area (Å²) in [5.74, 6) is 1.31. The predicted octanol–water partition coefficient (Wildman–Crippen LogP) is 4.35. The van der Waals surface area contributed by atoms with E-state index in [1.165, 1.54) is 12.1 Å². The molecule has 0 saturated carbocycles. The summed E-state index contributed by atoms with van der Waals surface area (Å²) >= 11 is 0. The number of halogens is 1. The molecule has 2 amide bonds. The third-order valence-corrected chi connectivity index (χ3v) is 4.60. The minimum atomic E-state index is -0.297. The highest BCUT2D eigenvalue weighted by Crippen LogP contribution is 2.34. The minimum absolute atomic E-state index is 0.179. The Bertz CT molecular complexity index is 793. The van der Waals surface area contributed by atoms with Crippen LogP contribution in [0, 0.1) is 11.7 Å². The van der Waals surface area contributed by atoms with Gasteiger partial charge in [0, 0.05) is 0 Å². The largest absolute Gasteiger partial charge is 0.486 e. The lowest BCUT2D eigenvalue weighted by Crippen LogP contribution is -2.40. The molecule has 1 heterocycles. The molecule has 3 rings (SSSR count). The van der Waals surface area contributed by atoms with Crippen LogP contribution in [0.15, 0.2) is 42.5 Å². The Balaban J connectivity index is 1.68. The van der Waals surface area contributed by atoms with Gasteiger partial charge in [0.2, 0.25) is 0 Å². The molecule has 144 valence electrons. The van der Waals surface area contributed by atoms with E-state index in [2.05, 4.69) is 10.6 Å². The smallest absolute Gasteiger partial charge is 0.315 e. The topological polar surface area (TPSA) is 59.6 Å². The molecule has 5 nitrogen and oxygen atoms in total. The zero-order chi connectivity index (χ0) is 19.4. The summed E-state index contributed by atoms with van der Waals surface area (Å²) in [6.45, 7) is 7.02. The van der Waals surface area contributed by atoms with Crippen LogP contribution in [0.3, 0.4) is 0 Å². The van der Waals surface area contributed by atoms with E-state index in [1.54, 1.807) is 12.1 Å². The maximum Gasteiger partial charge on any atom is 0.315 e. The van der Waals surface area contributed by atoms with Crippen molar-refractivity contribution < 1.29 is 18.7 Å². The monoisotopic (exact) mass is 372 g/mol. The van der Waals surface area contributed by atoms with Crippen molar-refractivity contribution in [1.29, 1.82) is 0 Å². The zero-order valence-corrected chi connectivity index (χ0v) is 15.8. The van der Waals surface area contributed by atoms with E-state index < -0.39 is 0 Å². The van der Waals surface area contributed by atoms with Crippen molar-refractivity contribution in [2.75, 3.05) is 13.2 Å². The third-order valence-electron chi connectivity index (χ3n) is 4.60. The Hall–Kier alpha value is -2.76. The van der Waals surface area contributed by atoms with E-state index >= 15 is 0 Å². The molecular formula is C21H25FN2O3. The summed E-state index contributed by atoms with van der Waals surface area (Å²) < 4.78 is 24.3. The molecule has 2 aromatic carbocycles. The maximum absolute atomic E-state index is 13.1. The van der Waals surface area contributed by atoms with Crippen LogP contribution in [0.4, 0.5) is 9.18 Å². The number of hydrogen-bond acceptors (Lipinski definition) is 3.